The second-order valence-electron chi connectivity index (χ2n) is 7.81. The predicted octanol–water partition coefficient (Wildman–Crippen LogP) is 1.89. The van der Waals surface area contributed by atoms with Crippen LogP contribution in [0.5, 0.6) is 0 Å². The van der Waals surface area contributed by atoms with Crippen molar-refractivity contribution in [2.24, 2.45) is 0 Å². The van der Waals surface area contributed by atoms with Crippen molar-refractivity contribution in [2.75, 3.05) is 57.7 Å². The first kappa shape index (κ1) is 23.3. The number of β-amino-alcohol motifs (C(OH)–C–C–N with tert-alkyl or cyclic N) is 1. The molecule has 2 heterocycles. The zero-order valence-corrected chi connectivity index (χ0v) is 18.3. The molecule has 1 fully saturated rings. The molecule has 9 heteroatoms. The smallest absolute Gasteiger partial charge is 0.277 e. The summed E-state index contributed by atoms with van der Waals surface area (Å²) in [6.07, 6.45) is 0.974. The number of halogens is 1. The lowest BCUT2D eigenvalue weighted by molar-refractivity contribution is 0.0491. The fourth-order valence-electron chi connectivity index (χ4n) is 3.71. The Hall–Kier alpha value is -2.33. The number of aliphatic hydroxyl groups is 1. The topological polar surface area (TPSA) is 85.1 Å². The van der Waals surface area contributed by atoms with Gasteiger partial charge in [-0.05, 0) is 31.3 Å². The fourth-order valence-corrected chi connectivity index (χ4v) is 3.71. The van der Waals surface area contributed by atoms with Gasteiger partial charge >= 0.3 is 0 Å². The van der Waals surface area contributed by atoms with Crippen molar-refractivity contribution in [3.8, 4) is 0 Å². The highest BCUT2D eigenvalue weighted by atomic mass is 19.1. The van der Waals surface area contributed by atoms with E-state index in [1.54, 1.807) is 6.07 Å². The van der Waals surface area contributed by atoms with E-state index in [9.17, 15) is 14.3 Å². The van der Waals surface area contributed by atoms with Gasteiger partial charge in [-0.3, -0.25) is 14.6 Å². The molecule has 3 rings (SSSR count). The summed E-state index contributed by atoms with van der Waals surface area (Å²) >= 11 is 0. The Morgan fingerprint density at radius 2 is 1.97 bits per heavy atom. The second kappa shape index (κ2) is 11.3. The van der Waals surface area contributed by atoms with Crippen LogP contribution < -0.4 is 5.32 Å². The summed E-state index contributed by atoms with van der Waals surface area (Å²) in [7, 11) is 0. The first-order chi connectivity index (χ1) is 15.0. The van der Waals surface area contributed by atoms with Gasteiger partial charge < -0.3 is 19.7 Å². The van der Waals surface area contributed by atoms with E-state index in [2.05, 4.69) is 38.8 Å². The van der Waals surface area contributed by atoms with Crippen LogP contribution in [0.1, 0.15) is 30.2 Å². The van der Waals surface area contributed by atoms with Crippen molar-refractivity contribution in [2.45, 2.75) is 26.5 Å². The average molecular weight is 434 g/mol. The van der Waals surface area contributed by atoms with Crippen molar-refractivity contribution in [3.63, 3.8) is 0 Å². The summed E-state index contributed by atoms with van der Waals surface area (Å²) in [4.78, 5) is 23.3. The van der Waals surface area contributed by atoms with Gasteiger partial charge in [0, 0.05) is 45.0 Å². The van der Waals surface area contributed by atoms with Crippen LogP contribution in [0.3, 0.4) is 0 Å². The van der Waals surface area contributed by atoms with E-state index >= 15 is 0 Å². The molecule has 0 aliphatic carbocycles. The molecule has 0 spiro atoms. The number of nitrogens with one attached hydrogen (secondary N) is 1. The molecule has 1 unspecified atom stereocenters. The number of anilines is 1. The maximum Gasteiger partial charge on any atom is 0.277 e. The zero-order chi connectivity index (χ0) is 22.2. The number of nitrogens with zero attached hydrogens (tertiary/aromatic N) is 4. The lowest BCUT2D eigenvalue weighted by Gasteiger charge is -2.35. The Labute approximate surface area is 182 Å². The molecule has 1 aromatic heterocycles. The van der Waals surface area contributed by atoms with Gasteiger partial charge in [0.1, 0.15) is 12.1 Å². The Morgan fingerprint density at radius 1 is 1.26 bits per heavy atom. The number of hydrogen-bond donors (Lipinski definition) is 2. The zero-order valence-electron chi connectivity index (χ0n) is 18.3. The van der Waals surface area contributed by atoms with Crippen LogP contribution in [-0.2, 0) is 6.54 Å². The number of rotatable bonds is 10. The Morgan fingerprint density at radius 3 is 2.65 bits per heavy atom. The van der Waals surface area contributed by atoms with E-state index in [1.807, 2.05) is 0 Å². The minimum Gasteiger partial charge on any atom is -0.447 e. The van der Waals surface area contributed by atoms with Crippen LogP contribution >= 0.6 is 0 Å². The maximum absolute atomic E-state index is 13.3. The van der Waals surface area contributed by atoms with E-state index in [0.717, 1.165) is 39.3 Å². The van der Waals surface area contributed by atoms with Crippen molar-refractivity contribution >= 4 is 11.6 Å². The van der Waals surface area contributed by atoms with Gasteiger partial charge in [0.2, 0.25) is 5.89 Å². The molecule has 1 aliphatic rings. The SMILES string of the molecule is CCN(CC)CC(O)CN1CCN(Cc2nc(C(=O)Nc3cccc(F)c3)co2)CC1. The Kier molecular flexibility index (Phi) is 8.53. The number of likely N-dealkylation sites (N-methyl/N-ethyl adjacent to an activating group) is 1. The van der Waals surface area contributed by atoms with E-state index in [4.69, 9.17) is 4.42 Å². The molecule has 0 radical (unpaired) electrons. The fraction of sp³-hybridized carbons (Fsp3) is 0.545. The number of benzene rings is 1. The number of piperazine rings is 1. The monoisotopic (exact) mass is 433 g/mol. The molecule has 0 bridgehead atoms. The molecular weight excluding hydrogens is 401 g/mol. The number of aromatic nitrogens is 1. The molecule has 2 N–H and O–H groups in total. The van der Waals surface area contributed by atoms with Gasteiger partial charge in [0.05, 0.1) is 12.6 Å². The number of carbonyl (C=O) groups excluding carboxylic acids is 1. The highest BCUT2D eigenvalue weighted by molar-refractivity contribution is 6.02. The normalized spacial score (nSPS) is 16.5. The summed E-state index contributed by atoms with van der Waals surface area (Å²) in [6.45, 7) is 11.4. The lowest BCUT2D eigenvalue weighted by atomic mass is 10.2. The lowest BCUT2D eigenvalue weighted by Crippen LogP contribution is -2.49. The highest BCUT2D eigenvalue weighted by Crippen LogP contribution is 2.13. The minimum atomic E-state index is -0.437. The summed E-state index contributed by atoms with van der Waals surface area (Å²) in [5.41, 5.74) is 0.534. The predicted molar refractivity (Wildman–Crippen MR) is 116 cm³/mol. The highest BCUT2D eigenvalue weighted by Gasteiger charge is 2.22. The van der Waals surface area contributed by atoms with Crippen LogP contribution in [0.15, 0.2) is 34.9 Å². The van der Waals surface area contributed by atoms with Gasteiger partial charge in [-0.1, -0.05) is 19.9 Å². The largest absolute Gasteiger partial charge is 0.447 e. The third-order valence-corrected chi connectivity index (χ3v) is 5.52. The molecule has 1 aliphatic heterocycles. The molecule has 2 aromatic rings. The Bertz CT molecular complexity index is 834. The van der Waals surface area contributed by atoms with E-state index in [0.29, 0.717) is 31.2 Å². The molecule has 1 aromatic carbocycles. The van der Waals surface area contributed by atoms with Crippen LogP contribution in [0.2, 0.25) is 0 Å². The van der Waals surface area contributed by atoms with Gasteiger partial charge in [-0.15, -0.1) is 0 Å². The molecule has 31 heavy (non-hydrogen) atoms. The van der Waals surface area contributed by atoms with Crippen molar-refractivity contribution in [3.05, 3.63) is 47.9 Å². The summed E-state index contributed by atoms with van der Waals surface area (Å²) in [5.74, 6) is -0.384. The third-order valence-electron chi connectivity index (χ3n) is 5.52. The van der Waals surface area contributed by atoms with Gasteiger partial charge in [-0.25, -0.2) is 9.37 Å². The first-order valence-electron chi connectivity index (χ1n) is 10.8. The number of amides is 1. The molecule has 8 nitrogen and oxygen atoms in total. The van der Waals surface area contributed by atoms with E-state index in [-0.39, 0.29) is 11.8 Å². The van der Waals surface area contributed by atoms with Gasteiger partial charge in [0.25, 0.3) is 5.91 Å². The van der Waals surface area contributed by atoms with Crippen molar-refractivity contribution in [1.82, 2.24) is 19.7 Å². The quantitative estimate of drug-likeness (QED) is 0.592. The molecule has 1 atom stereocenters. The van der Waals surface area contributed by atoms with E-state index in [1.165, 1.54) is 24.5 Å². The standard InChI is InChI=1S/C22H32FN5O3/c1-3-26(4-2)13-19(29)14-27-8-10-28(11-9-27)15-21-25-20(16-31-21)22(30)24-18-7-5-6-17(23)12-18/h5-7,12,16,19,29H,3-4,8-11,13-15H2,1-2H3,(H,24,30). The minimum absolute atomic E-state index is 0.164. The van der Waals surface area contributed by atoms with E-state index < -0.39 is 11.7 Å². The molecule has 170 valence electrons. The molecule has 1 amide bonds. The van der Waals surface area contributed by atoms with Crippen LogP contribution in [-0.4, -0.2) is 89.2 Å². The number of aliphatic hydroxyl groups excluding tert-OH is 1. The van der Waals surface area contributed by atoms with Gasteiger partial charge in [0.15, 0.2) is 5.69 Å². The number of oxazole rings is 1. The molecule has 1 saturated heterocycles. The number of carbonyl (C=O) groups is 1. The maximum atomic E-state index is 13.3. The molecule has 0 saturated carbocycles. The van der Waals surface area contributed by atoms with Crippen LogP contribution in [0.4, 0.5) is 10.1 Å². The second-order valence-corrected chi connectivity index (χ2v) is 7.81. The van der Waals surface area contributed by atoms with Crippen LogP contribution in [0, 0.1) is 5.82 Å². The van der Waals surface area contributed by atoms with Crippen molar-refractivity contribution in [1.29, 1.82) is 0 Å². The summed E-state index contributed by atoms with van der Waals surface area (Å²) < 4.78 is 18.7. The van der Waals surface area contributed by atoms with Gasteiger partial charge in [-0.2, -0.15) is 0 Å². The molecular formula is C22H32FN5O3. The van der Waals surface area contributed by atoms with Crippen molar-refractivity contribution < 1.29 is 18.7 Å². The average Bonchev–Trinajstić information content (AvgIpc) is 3.22. The summed E-state index contributed by atoms with van der Waals surface area (Å²) in [6, 6.07) is 5.70. The third kappa shape index (κ3) is 7.10. The van der Waals surface area contributed by atoms with Crippen LogP contribution in [0.25, 0.3) is 0 Å². The Balaban J connectivity index is 1.43. The first-order valence-corrected chi connectivity index (χ1v) is 10.8. The summed E-state index contributed by atoms with van der Waals surface area (Å²) in [5, 5.41) is 12.9. The number of hydrogen-bond acceptors (Lipinski definition) is 7.